The van der Waals surface area contributed by atoms with E-state index in [4.69, 9.17) is 0 Å². The maximum absolute atomic E-state index is 11.9. The number of nitrogens with one attached hydrogen (secondary N) is 2. The molecule has 0 spiro atoms. The summed E-state index contributed by atoms with van der Waals surface area (Å²) in [5, 5.41) is 6.32. The Morgan fingerprint density at radius 1 is 1.42 bits per heavy atom. The van der Waals surface area contributed by atoms with Gasteiger partial charge in [0.25, 0.3) is 0 Å². The van der Waals surface area contributed by atoms with Crippen molar-refractivity contribution in [1.82, 2.24) is 10.2 Å². The molecule has 19 heavy (non-hydrogen) atoms. The highest BCUT2D eigenvalue weighted by atomic mass is 16.2. The van der Waals surface area contributed by atoms with Crippen LogP contribution in [0.5, 0.6) is 0 Å². The van der Waals surface area contributed by atoms with Crippen molar-refractivity contribution in [2.45, 2.75) is 45.3 Å². The maximum atomic E-state index is 11.9. The minimum Gasteiger partial charge on any atom is -0.383 e. The van der Waals surface area contributed by atoms with Crippen molar-refractivity contribution >= 4 is 11.7 Å². The summed E-state index contributed by atoms with van der Waals surface area (Å²) in [6.07, 6.45) is 2.27. The summed E-state index contributed by atoms with van der Waals surface area (Å²) in [5.41, 5.74) is 2.21. The van der Waals surface area contributed by atoms with Crippen LogP contribution >= 0.6 is 0 Å². The van der Waals surface area contributed by atoms with Crippen LogP contribution < -0.4 is 10.6 Å². The lowest BCUT2D eigenvalue weighted by atomic mass is 10.2. The molecule has 2 amide bonds. The van der Waals surface area contributed by atoms with E-state index < -0.39 is 0 Å². The molecule has 1 aliphatic carbocycles. The van der Waals surface area contributed by atoms with Gasteiger partial charge in [-0.3, -0.25) is 0 Å². The molecule has 0 atom stereocenters. The van der Waals surface area contributed by atoms with E-state index in [1.54, 1.807) is 4.90 Å². The second-order valence-corrected chi connectivity index (χ2v) is 5.50. The lowest BCUT2D eigenvalue weighted by Crippen LogP contribution is -2.38. The van der Waals surface area contributed by atoms with Gasteiger partial charge in [-0.25, -0.2) is 4.79 Å². The average Bonchev–Trinajstić information content (AvgIpc) is 3.19. The van der Waals surface area contributed by atoms with Gasteiger partial charge in [0.1, 0.15) is 0 Å². The van der Waals surface area contributed by atoms with Crippen LogP contribution in [0.25, 0.3) is 0 Å². The molecule has 4 nitrogen and oxygen atoms in total. The van der Waals surface area contributed by atoms with Gasteiger partial charge in [-0.15, -0.1) is 0 Å². The quantitative estimate of drug-likeness (QED) is 0.856. The Hall–Kier alpha value is -1.71. The van der Waals surface area contributed by atoms with Crippen LogP contribution in [0.1, 0.15) is 32.3 Å². The molecule has 1 aromatic rings. The fraction of sp³-hybridized carbons (Fsp3) is 0.533. The van der Waals surface area contributed by atoms with E-state index in [-0.39, 0.29) is 6.03 Å². The number of carbonyl (C=O) groups excluding carboxylic acids is 1. The summed E-state index contributed by atoms with van der Waals surface area (Å²) >= 11 is 0. The molecule has 0 aromatic heterocycles. The predicted octanol–water partition coefficient (Wildman–Crippen LogP) is 2.81. The normalized spacial score (nSPS) is 14.3. The first-order valence-corrected chi connectivity index (χ1v) is 6.92. The smallest absolute Gasteiger partial charge is 0.317 e. The zero-order chi connectivity index (χ0) is 13.8. The van der Waals surface area contributed by atoms with Crippen LogP contribution in [0.3, 0.4) is 0 Å². The molecular formula is C15H23N3O. The monoisotopic (exact) mass is 261 g/mol. The van der Waals surface area contributed by atoms with Crippen molar-refractivity contribution in [3.05, 3.63) is 29.8 Å². The first-order valence-electron chi connectivity index (χ1n) is 6.92. The SMILES string of the molecule is CC(C)Nc1cccc(CNC(=O)N(C)C2CC2)c1. The van der Waals surface area contributed by atoms with Crippen LogP contribution in [0.2, 0.25) is 0 Å². The number of carbonyl (C=O) groups is 1. The van der Waals surface area contributed by atoms with Crippen molar-refractivity contribution < 1.29 is 4.79 Å². The molecule has 0 heterocycles. The van der Waals surface area contributed by atoms with Crippen molar-refractivity contribution in [2.24, 2.45) is 0 Å². The summed E-state index contributed by atoms with van der Waals surface area (Å²) < 4.78 is 0. The Bertz CT molecular complexity index is 441. The largest absolute Gasteiger partial charge is 0.383 e. The number of hydrogen-bond donors (Lipinski definition) is 2. The summed E-state index contributed by atoms with van der Waals surface area (Å²) in [6.45, 7) is 4.79. The van der Waals surface area contributed by atoms with Crippen molar-refractivity contribution in [2.75, 3.05) is 12.4 Å². The molecule has 0 unspecified atom stereocenters. The Balaban J connectivity index is 1.86. The number of hydrogen-bond acceptors (Lipinski definition) is 2. The topological polar surface area (TPSA) is 44.4 Å². The number of nitrogens with zero attached hydrogens (tertiary/aromatic N) is 1. The van der Waals surface area contributed by atoms with Gasteiger partial charge in [0, 0.05) is 31.4 Å². The lowest BCUT2D eigenvalue weighted by Gasteiger charge is -2.17. The summed E-state index contributed by atoms with van der Waals surface area (Å²) in [5.74, 6) is 0. The standard InChI is InChI=1S/C15H23N3O/c1-11(2)17-13-6-4-5-12(9-13)10-16-15(19)18(3)14-7-8-14/h4-6,9,11,14,17H,7-8,10H2,1-3H3,(H,16,19). The predicted molar refractivity (Wildman–Crippen MR) is 78.2 cm³/mol. The fourth-order valence-electron chi connectivity index (χ4n) is 2.03. The number of urea groups is 1. The van der Waals surface area contributed by atoms with Crippen molar-refractivity contribution in [3.63, 3.8) is 0 Å². The van der Waals surface area contributed by atoms with Crippen molar-refractivity contribution in [3.8, 4) is 0 Å². The molecule has 1 aromatic carbocycles. The minimum absolute atomic E-state index is 0.0183. The summed E-state index contributed by atoms with van der Waals surface area (Å²) in [6, 6.07) is 9.04. The summed E-state index contributed by atoms with van der Waals surface area (Å²) in [4.78, 5) is 13.7. The third-order valence-corrected chi connectivity index (χ3v) is 3.24. The zero-order valence-corrected chi connectivity index (χ0v) is 11.9. The molecule has 1 saturated carbocycles. The van der Waals surface area contributed by atoms with Crippen molar-refractivity contribution in [1.29, 1.82) is 0 Å². The van der Waals surface area contributed by atoms with Crippen LogP contribution in [0.4, 0.5) is 10.5 Å². The lowest BCUT2D eigenvalue weighted by molar-refractivity contribution is 0.206. The number of benzene rings is 1. The minimum atomic E-state index is 0.0183. The van der Waals surface area contributed by atoms with Gasteiger partial charge in [0.15, 0.2) is 0 Å². The van der Waals surface area contributed by atoms with E-state index in [1.165, 1.54) is 0 Å². The molecule has 1 fully saturated rings. The van der Waals surface area contributed by atoms with Gasteiger partial charge >= 0.3 is 6.03 Å². The van der Waals surface area contributed by atoms with Gasteiger partial charge in [-0.1, -0.05) is 12.1 Å². The van der Waals surface area contributed by atoms with Crippen LogP contribution in [0, 0.1) is 0 Å². The molecular weight excluding hydrogens is 238 g/mol. The zero-order valence-electron chi connectivity index (χ0n) is 11.9. The molecule has 4 heteroatoms. The van der Waals surface area contributed by atoms with Crippen LogP contribution in [0.15, 0.2) is 24.3 Å². The van der Waals surface area contributed by atoms with Gasteiger partial charge < -0.3 is 15.5 Å². The Morgan fingerprint density at radius 3 is 2.79 bits per heavy atom. The van der Waals surface area contributed by atoms with Crippen LogP contribution in [-0.4, -0.2) is 30.1 Å². The highest BCUT2D eigenvalue weighted by Gasteiger charge is 2.29. The van der Waals surface area contributed by atoms with Gasteiger partial charge in [-0.2, -0.15) is 0 Å². The number of amides is 2. The first kappa shape index (κ1) is 13.7. The third-order valence-electron chi connectivity index (χ3n) is 3.24. The number of anilines is 1. The Morgan fingerprint density at radius 2 is 2.16 bits per heavy atom. The second kappa shape index (κ2) is 5.95. The molecule has 0 saturated heterocycles. The molecule has 0 radical (unpaired) electrons. The maximum Gasteiger partial charge on any atom is 0.317 e. The van der Waals surface area contributed by atoms with E-state index in [0.29, 0.717) is 18.6 Å². The van der Waals surface area contributed by atoms with E-state index in [0.717, 1.165) is 24.1 Å². The van der Waals surface area contributed by atoms with Crippen LogP contribution in [-0.2, 0) is 6.54 Å². The van der Waals surface area contributed by atoms with E-state index in [2.05, 4.69) is 30.5 Å². The third kappa shape index (κ3) is 4.16. The van der Waals surface area contributed by atoms with E-state index in [1.807, 2.05) is 25.2 Å². The fourth-order valence-corrected chi connectivity index (χ4v) is 2.03. The number of rotatable bonds is 5. The van der Waals surface area contributed by atoms with Gasteiger partial charge in [0.2, 0.25) is 0 Å². The molecule has 104 valence electrons. The highest BCUT2D eigenvalue weighted by molar-refractivity contribution is 5.74. The Kier molecular flexibility index (Phi) is 4.30. The van der Waals surface area contributed by atoms with Gasteiger partial charge in [-0.05, 0) is 44.4 Å². The second-order valence-electron chi connectivity index (χ2n) is 5.50. The average molecular weight is 261 g/mol. The molecule has 0 aliphatic heterocycles. The molecule has 2 rings (SSSR count). The molecule has 0 bridgehead atoms. The van der Waals surface area contributed by atoms with E-state index >= 15 is 0 Å². The van der Waals surface area contributed by atoms with Gasteiger partial charge in [0.05, 0.1) is 0 Å². The molecule has 2 N–H and O–H groups in total. The van der Waals surface area contributed by atoms with E-state index in [9.17, 15) is 4.79 Å². The Labute approximate surface area is 115 Å². The highest BCUT2D eigenvalue weighted by Crippen LogP contribution is 2.25. The first-order chi connectivity index (χ1) is 9.06. The molecule has 1 aliphatic rings. The summed E-state index contributed by atoms with van der Waals surface area (Å²) in [7, 11) is 1.86.